The van der Waals surface area contributed by atoms with Gasteiger partial charge in [0.05, 0.1) is 0 Å². The number of hydrogen-bond donors (Lipinski definition) is 2. The van der Waals surface area contributed by atoms with Crippen LogP contribution in [0.15, 0.2) is 0 Å². The Morgan fingerprint density at radius 1 is 2.00 bits per heavy atom. The van der Waals surface area contributed by atoms with Crippen LogP contribution in [-0.2, 0) is 0 Å². The van der Waals surface area contributed by atoms with Crippen molar-refractivity contribution < 1.29 is 9.90 Å². The molecular formula is CH4BNO2. The largest absolute Gasteiger partial charge is 0.466 e. The van der Waals surface area contributed by atoms with Crippen molar-refractivity contribution in [3.63, 3.8) is 0 Å². The van der Waals surface area contributed by atoms with Gasteiger partial charge in [0.15, 0.2) is 0 Å². The molecule has 0 spiro atoms. The van der Waals surface area contributed by atoms with Gasteiger partial charge in [0.25, 0.3) is 0 Å². The predicted octanol–water partition coefficient (Wildman–Crippen LogP) is -1.20. The molecule has 0 bridgehead atoms. The van der Waals surface area contributed by atoms with E-state index in [2.05, 4.69) is 0 Å². The summed E-state index contributed by atoms with van der Waals surface area (Å²) < 4.78 is 0. The summed E-state index contributed by atoms with van der Waals surface area (Å²) in [4.78, 5) is 9.26. The third kappa shape index (κ3) is 3.33. The number of rotatable bonds is 0. The lowest BCUT2D eigenvalue weighted by Gasteiger charge is -1.78. The maximum atomic E-state index is 9.26. The zero-order valence-electron chi connectivity index (χ0n) is 2.86. The average molecular weight is 72.9 g/mol. The third-order valence-corrected chi connectivity index (χ3v) is 0.214. The molecule has 28 valence electrons. The van der Waals surface area contributed by atoms with E-state index in [-0.39, 0.29) is 0 Å². The van der Waals surface area contributed by atoms with Gasteiger partial charge in [0, 0.05) is 0 Å². The van der Waals surface area contributed by atoms with Crippen LogP contribution >= 0.6 is 0 Å². The Kier molecular flexibility index (Phi) is 1.42. The molecule has 0 aromatic heterocycles. The van der Waals surface area contributed by atoms with Gasteiger partial charge in [-0.1, -0.05) is 0 Å². The summed E-state index contributed by atoms with van der Waals surface area (Å²) in [5.74, 6) is 0. The van der Waals surface area contributed by atoms with E-state index < -0.39 is 6.09 Å². The molecule has 0 unspecified atom stereocenters. The molecule has 4 heteroatoms. The molecule has 0 atom stereocenters. The molecule has 0 saturated heterocycles. The molecule has 0 aromatic carbocycles. The van der Waals surface area contributed by atoms with Gasteiger partial charge in [-0.2, -0.15) is 0 Å². The quantitative estimate of drug-likeness (QED) is 0.354. The van der Waals surface area contributed by atoms with E-state index in [9.17, 15) is 4.79 Å². The Morgan fingerprint density at radius 3 is 2.20 bits per heavy atom. The Bertz CT molecular complexity index is 44.9. The SMILES string of the molecule is BNC(=O)O. The Labute approximate surface area is 30.4 Å². The second kappa shape index (κ2) is 1.63. The molecule has 2 N–H and O–H groups in total. The van der Waals surface area contributed by atoms with Crippen molar-refractivity contribution in [3.8, 4) is 0 Å². The first-order valence-corrected chi connectivity index (χ1v) is 1.18. The molecule has 0 heterocycles. The summed E-state index contributed by atoms with van der Waals surface area (Å²) >= 11 is 0. The fourth-order valence-corrected chi connectivity index (χ4v) is 0. The van der Waals surface area contributed by atoms with Crippen LogP contribution in [0.3, 0.4) is 0 Å². The van der Waals surface area contributed by atoms with E-state index in [4.69, 9.17) is 5.11 Å². The third-order valence-electron chi connectivity index (χ3n) is 0.214. The van der Waals surface area contributed by atoms with Crippen LogP contribution in [0.1, 0.15) is 0 Å². The van der Waals surface area contributed by atoms with E-state index in [1.165, 1.54) is 7.98 Å². The molecule has 0 radical (unpaired) electrons. The Hall–Kier alpha value is -0.665. The molecule has 0 aliphatic heterocycles. The molecule has 1 amide bonds. The van der Waals surface area contributed by atoms with Crippen molar-refractivity contribution in [1.29, 1.82) is 0 Å². The number of amides is 1. The molecule has 0 rings (SSSR count). The maximum absolute atomic E-state index is 9.26. The minimum atomic E-state index is -0.995. The lowest BCUT2D eigenvalue weighted by Crippen LogP contribution is -2.15. The van der Waals surface area contributed by atoms with Crippen molar-refractivity contribution in [2.75, 3.05) is 0 Å². The highest BCUT2D eigenvalue weighted by Crippen LogP contribution is 1.44. The highest BCUT2D eigenvalue weighted by molar-refractivity contribution is 6.12. The van der Waals surface area contributed by atoms with Crippen LogP contribution in [0, 0.1) is 0 Å². The maximum Gasteiger partial charge on any atom is 0.391 e. The smallest absolute Gasteiger partial charge is 0.391 e. The van der Waals surface area contributed by atoms with Crippen molar-refractivity contribution in [2.45, 2.75) is 0 Å². The van der Waals surface area contributed by atoms with E-state index in [1.54, 1.807) is 0 Å². The minimum absolute atomic E-state index is 0.995. The van der Waals surface area contributed by atoms with Crippen LogP contribution in [0.2, 0.25) is 0 Å². The summed E-state index contributed by atoms with van der Waals surface area (Å²) in [6, 6.07) is 0. The second-order valence-corrected chi connectivity index (χ2v) is 0.555. The molecule has 0 aliphatic rings. The van der Waals surface area contributed by atoms with Gasteiger partial charge in [-0.15, -0.1) is 0 Å². The second-order valence-electron chi connectivity index (χ2n) is 0.555. The van der Waals surface area contributed by atoms with Crippen molar-refractivity contribution >= 4 is 14.1 Å². The summed E-state index contributed by atoms with van der Waals surface area (Å²) in [7, 11) is 1.35. The first kappa shape index (κ1) is 4.33. The molecule has 5 heavy (non-hydrogen) atoms. The van der Waals surface area contributed by atoms with Gasteiger partial charge >= 0.3 is 6.09 Å². The zero-order valence-corrected chi connectivity index (χ0v) is 2.86. The molecule has 0 fully saturated rings. The van der Waals surface area contributed by atoms with Crippen molar-refractivity contribution in [3.05, 3.63) is 0 Å². The first-order chi connectivity index (χ1) is 2.27. The van der Waals surface area contributed by atoms with E-state index >= 15 is 0 Å². The van der Waals surface area contributed by atoms with Gasteiger partial charge in [-0.25, -0.2) is 4.79 Å². The number of carboxylic acid groups (broad SMARTS) is 1. The van der Waals surface area contributed by atoms with Crippen LogP contribution in [0.4, 0.5) is 4.79 Å². The van der Waals surface area contributed by atoms with Gasteiger partial charge in [0.1, 0.15) is 0 Å². The van der Waals surface area contributed by atoms with Gasteiger partial charge in [0.2, 0.25) is 7.98 Å². The average Bonchev–Trinajstić information content (AvgIpc) is 1.38. The standard InChI is InChI=1S/CH4BNO2/c2-3-1(4)5/h3H,2H2,(H,4,5). The summed E-state index contributed by atoms with van der Waals surface area (Å²) in [6.45, 7) is 0. The van der Waals surface area contributed by atoms with E-state index in [0.717, 1.165) is 0 Å². The van der Waals surface area contributed by atoms with Crippen LogP contribution in [0.25, 0.3) is 0 Å². The highest BCUT2D eigenvalue weighted by Gasteiger charge is 1.77. The highest BCUT2D eigenvalue weighted by atomic mass is 16.4. The van der Waals surface area contributed by atoms with Crippen LogP contribution in [-0.4, -0.2) is 19.2 Å². The van der Waals surface area contributed by atoms with Gasteiger partial charge in [-0.05, 0) is 0 Å². The molecular weight excluding hydrogens is 68.8 g/mol. The summed E-state index contributed by atoms with van der Waals surface area (Å²) in [6.07, 6.45) is -0.995. The topological polar surface area (TPSA) is 49.3 Å². The lowest BCUT2D eigenvalue weighted by atomic mass is 10.5. The first-order valence-electron chi connectivity index (χ1n) is 1.18. The van der Waals surface area contributed by atoms with Crippen molar-refractivity contribution in [2.24, 2.45) is 0 Å². The number of carbonyl (C=O) groups is 1. The monoisotopic (exact) mass is 73.0 g/mol. The lowest BCUT2D eigenvalue weighted by molar-refractivity contribution is 0.201. The Morgan fingerprint density at radius 2 is 2.20 bits per heavy atom. The molecule has 0 saturated carbocycles. The van der Waals surface area contributed by atoms with Crippen LogP contribution < -0.4 is 5.23 Å². The van der Waals surface area contributed by atoms with Gasteiger partial charge < -0.3 is 10.3 Å². The van der Waals surface area contributed by atoms with Crippen molar-refractivity contribution in [1.82, 2.24) is 5.23 Å². The molecule has 0 aliphatic carbocycles. The fraction of sp³-hybridized carbons (Fsp3) is 0. The minimum Gasteiger partial charge on any atom is -0.466 e. The summed E-state index contributed by atoms with van der Waals surface area (Å²) in [5.41, 5.74) is 0. The van der Waals surface area contributed by atoms with E-state index in [1.807, 2.05) is 5.23 Å². The fourth-order valence-electron chi connectivity index (χ4n) is 0. The van der Waals surface area contributed by atoms with Crippen LogP contribution in [0.5, 0.6) is 0 Å². The van der Waals surface area contributed by atoms with Gasteiger partial charge in [-0.3, -0.25) is 0 Å². The zero-order chi connectivity index (χ0) is 4.28. The predicted molar refractivity (Wildman–Crippen MR) is 19.7 cm³/mol. The summed E-state index contributed by atoms with van der Waals surface area (Å²) in [5, 5.41) is 9.56. The molecule has 0 aromatic rings. The normalized spacial score (nSPS) is 6.40. The number of nitrogens with one attached hydrogen (secondary N) is 1. The van der Waals surface area contributed by atoms with E-state index in [0.29, 0.717) is 0 Å². The number of hydrogen-bond acceptors (Lipinski definition) is 1. The molecule has 3 nitrogen and oxygen atoms in total. The Balaban J connectivity index is 2.85.